The first-order chi connectivity index (χ1) is 9.32. The van der Waals surface area contributed by atoms with Gasteiger partial charge >= 0.3 is 0 Å². The lowest BCUT2D eigenvalue weighted by atomic mass is 10.1. The molecule has 1 aromatic carbocycles. The average Bonchev–Trinajstić information content (AvgIpc) is 2.38. The Morgan fingerprint density at radius 2 is 2.20 bits per heavy atom. The number of sulfonamides is 1. The number of hydrogen-bond donors (Lipinski definition) is 2. The van der Waals surface area contributed by atoms with Crippen molar-refractivity contribution in [1.82, 2.24) is 4.31 Å². The number of aliphatic hydroxyl groups is 1. The summed E-state index contributed by atoms with van der Waals surface area (Å²) in [6.07, 6.45) is 0.492. The number of thiocarbonyl (C=S) groups is 1. The molecule has 0 spiro atoms. The number of rotatable bonds is 3. The number of nitrogens with zero attached hydrogens (tertiary/aromatic N) is 1. The monoisotopic (exact) mass is 318 g/mol. The predicted molar refractivity (Wildman–Crippen MR) is 76.3 cm³/mol. The van der Waals surface area contributed by atoms with Gasteiger partial charge in [-0.05, 0) is 31.0 Å². The Balaban J connectivity index is 2.39. The van der Waals surface area contributed by atoms with Crippen molar-refractivity contribution in [1.29, 1.82) is 0 Å². The third kappa shape index (κ3) is 2.98. The van der Waals surface area contributed by atoms with Crippen LogP contribution in [0.2, 0.25) is 0 Å². The fraction of sp³-hybridized carbons (Fsp3) is 0.417. The van der Waals surface area contributed by atoms with E-state index in [4.69, 9.17) is 18.0 Å². The van der Waals surface area contributed by atoms with E-state index in [2.05, 4.69) is 0 Å². The molecule has 1 saturated heterocycles. The normalized spacial score (nSPS) is 20.8. The molecule has 1 heterocycles. The molecule has 0 saturated carbocycles. The molecule has 0 bridgehead atoms. The highest BCUT2D eigenvalue weighted by atomic mass is 32.2. The zero-order valence-electron chi connectivity index (χ0n) is 10.6. The van der Waals surface area contributed by atoms with Gasteiger partial charge in [-0.25, -0.2) is 12.8 Å². The van der Waals surface area contributed by atoms with Crippen molar-refractivity contribution in [3.63, 3.8) is 0 Å². The van der Waals surface area contributed by atoms with Crippen LogP contribution in [0.15, 0.2) is 23.1 Å². The molecule has 1 atom stereocenters. The lowest BCUT2D eigenvalue weighted by molar-refractivity contribution is 0.108. The zero-order valence-corrected chi connectivity index (χ0v) is 12.3. The van der Waals surface area contributed by atoms with E-state index in [1.807, 2.05) is 0 Å². The molecule has 0 radical (unpaired) electrons. The highest BCUT2D eigenvalue weighted by molar-refractivity contribution is 7.89. The van der Waals surface area contributed by atoms with E-state index in [9.17, 15) is 17.9 Å². The van der Waals surface area contributed by atoms with Crippen LogP contribution in [0.1, 0.15) is 18.4 Å². The summed E-state index contributed by atoms with van der Waals surface area (Å²) in [7, 11) is -3.78. The largest absolute Gasteiger partial charge is 0.392 e. The Hall–Kier alpha value is -1.09. The topological polar surface area (TPSA) is 83.6 Å². The molecule has 5 nitrogen and oxygen atoms in total. The van der Waals surface area contributed by atoms with Gasteiger partial charge in [0.2, 0.25) is 10.0 Å². The number of nitrogens with two attached hydrogens (primary N) is 1. The molecule has 0 aliphatic carbocycles. The third-order valence-electron chi connectivity index (χ3n) is 3.20. The second-order valence-electron chi connectivity index (χ2n) is 4.67. The van der Waals surface area contributed by atoms with Crippen molar-refractivity contribution in [3.05, 3.63) is 29.6 Å². The van der Waals surface area contributed by atoms with Gasteiger partial charge in [-0.3, -0.25) is 0 Å². The van der Waals surface area contributed by atoms with Crippen LogP contribution >= 0.6 is 12.2 Å². The molecule has 110 valence electrons. The van der Waals surface area contributed by atoms with Crippen LogP contribution < -0.4 is 5.73 Å². The second kappa shape index (κ2) is 5.72. The van der Waals surface area contributed by atoms with Crippen molar-refractivity contribution >= 4 is 27.2 Å². The van der Waals surface area contributed by atoms with Crippen molar-refractivity contribution in [2.75, 3.05) is 13.1 Å². The molecule has 1 fully saturated rings. The Labute approximate surface area is 122 Å². The maximum Gasteiger partial charge on any atom is 0.243 e. The summed E-state index contributed by atoms with van der Waals surface area (Å²) in [4.78, 5) is -0.269. The minimum absolute atomic E-state index is 0.0438. The predicted octanol–water partition coefficient (Wildman–Crippen LogP) is 0.605. The number of hydrogen-bond acceptors (Lipinski definition) is 4. The zero-order chi connectivity index (χ0) is 14.9. The van der Waals surface area contributed by atoms with Gasteiger partial charge in [-0.15, -0.1) is 0 Å². The lowest BCUT2D eigenvalue weighted by Gasteiger charge is -2.29. The van der Waals surface area contributed by atoms with Crippen LogP contribution in [0.25, 0.3) is 0 Å². The van der Waals surface area contributed by atoms with E-state index in [-0.39, 0.29) is 22.0 Å². The van der Waals surface area contributed by atoms with Gasteiger partial charge in [-0.1, -0.05) is 12.2 Å². The highest BCUT2D eigenvalue weighted by Gasteiger charge is 2.30. The number of β-amino-alcohol motifs (C(OH)–C–C–N with tert-alkyl or cyclic N) is 1. The number of piperidine rings is 1. The Bertz CT molecular complexity index is 634. The van der Waals surface area contributed by atoms with E-state index in [0.29, 0.717) is 19.4 Å². The van der Waals surface area contributed by atoms with Crippen LogP contribution in [-0.4, -0.2) is 42.0 Å². The Morgan fingerprint density at radius 3 is 2.80 bits per heavy atom. The van der Waals surface area contributed by atoms with Crippen LogP contribution in [-0.2, 0) is 10.0 Å². The van der Waals surface area contributed by atoms with Gasteiger partial charge in [0, 0.05) is 18.7 Å². The summed E-state index contributed by atoms with van der Waals surface area (Å²) < 4.78 is 39.5. The van der Waals surface area contributed by atoms with Crippen molar-refractivity contribution < 1.29 is 17.9 Å². The smallest absolute Gasteiger partial charge is 0.243 e. The maximum atomic E-state index is 13.5. The molecule has 3 N–H and O–H groups in total. The second-order valence-corrected chi connectivity index (χ2v) is 7.04. The van der Waals surface area contributed by atoms with Gasteiger partial charge < -0.3 is 10.8 Å². The first kappa shape index (κ1) is 15.3. The van der Waals surface area contributed by atoms with E-state index < -0.39 is 21.9 Å². The number of aliphatic hydroxyl groups excluding tert-OH is 1. The van der Waals surface area contributed by atoms with Gasteiger partial charge in [0.15, 0.2) is 0 Å². The summed E-state index contributed by atoms with van der Waals surface area (Å²) in [5, 5.41) is 9.57. The van der Waals surface area contributed by atoms with Crippen LogP contribution in [0, 0.1) is 5.82 Å². The van der Waals surface area contributed by atoms with E-state index in [1.54, 1.807) is 0 Å². The minimum atomic E-state index is -3.78. The quantitative estimate of drug-likeness (QED) is 0.798. The fourth-order valence-corrected chi connectivity index (χ4v) is 3.84. The molecule has 0 aromatic heterocycles. The number of benzene rings is 1. The lowest BCUT2D eigenvalue weighted by Crippen LogP contribution is -2.42. The van der Waals surface area contributed by atoms with E-state index >= 15 is 0 Å². The first-order valence-electron chi connectivity index (χ1n) is 6.10. The van der Waals surface area contributed by atoms with Crippen LogP contribution in [0.3, 0.4) is 0 Å². The van der Waals surface area contributed by atoms with Crippen molar-refractivity contribution in [2.24, 2.45) is 5.73 Å². The SMILES string of the molecule is NC(=S)c1cc(S(=O)(=O)N2CCCC(O)C2)ccc1F. The number of halogens is 1. The van der Waals surface area contributed by atoms with Crippen molar-refractivity contribution in [2.45, 2.75) is 23.8 Å². The van der Waals surface area contributed by atoms with E-state index in [0.717, 1.165) is 12.1 Å². The summed E-state index contributed by atoms with van der Waals surface area (Å²) in [5.41, 5.74) is 5.27. The summed E-state index contributed by atoms with van der Waals surface area (Å²) >= 11 is 4.70. The van der Waals surface area contributed by atoms with Crippen LogP contribution in [0.4, 0.5) is 4.39 Å². The van der Waals surface area contributed by atoms with Gasteiger partial charge in [0.05, 0.1) is 11.0 Å². The molecule has 8 heteroatoms. The van der Waals surface area contributed by atoms with Gasteiger partial charge in [-0.2, -0.15) is 4.31 Å². The first-order valence-corrected chi connectivity index (χ1v) is 7.95. The Morgan fingerprint density at radius 1 is 1.50 bits per heavy atom. The molecule has 2 rings (SSSR count). The Kier molecular flexibility index (Phi) is 4.38. The molecule has 0 amide bonds. The molecule has 1 aromatic rings. The summed E-state index contributed by atoms with van der Waals surface area (Å²) in [5.74, 6) is -0.657. The standard InChI is InChI=1S/C12H15FN2O3S2/c13-11-4-3-9(6-10(11)12(14)19)20(17,18)15-5-1-2-8(16)7-15/h3-4,6,8,16H,1-2,5,7H2,(H2,14,19). The van der Waals surface area contributed by atoms with E-state index in [1.165, 1.54) is 10.4 Å². The van der Waals surface area contributed by atoms with Gasteiger partial charge in [0.25, 0.3) is 0 Å². The molecule has 1 unspecified atom stereocenters. The molecule has 20 heavy (non-hydrogen) atoms. The summed E-state index contributed by atoms with van der Waals surface area (Å²) in [6, 6.07) is 3.34. The minimum Gasteiger partial charge on any atom is -0.392 e. The van der Waals surface area contributed by atoms with Crippen LogP contribution in [0.5, 0.6) is 0 Å². The third-order valence-corrected chi connectivity index (χ3v) is 5.28. The van der Waals surface area contributed by atoms with Gasteiger partial charge in [0.1, 0.15) is 10.8 Å². The molecular formula is C12H15FN2O3S2. The summed E-state index contributed by atoms with van der Waals surface area (Å²) in [6.45, 7) is 0.376. The van der Waals surface area contributed by atoms with Crippen molar-refractivity contribution in [3.8, 4) is 0 Å². The highest BCUT2D eigenvalue weighted by Crippen LogP contribution is 2.22. The molecular weight excluding hydrogens is 303 g/mol. The average molecular weight is 318 g/mol. The fourth-order valence-electron chi connectivity index (χ4n) is 2.14. The molecule has 1 aliphatic rings. The maximum absolute atomic E-state index is 13.5. The molecule has 1 aliphatic heterocycles.